The van der Waals surface area contributed by atoms with Gasteiger partial charge in [0.25, 0.3) is 0 Å². The van der Waals surface area contributed by atoms with Crippen LogP contribution in [0.2, 0.25) is 0 Å². The highest BCUT2D eigenvalue weighted by atomic mass is 127. The first kappa shape index (κ1) is 24.0. The fourth-order valence-electron chi connectivity index (χ4n) is 3.13. The van der Waals surface area contributed by atoms with Crippen molar-refractivity contribution in [3.8, 4) is 5.75 Å². The maximum absolute atomic E-state index is 5.91. The molecule has 0 aromatic heterocycles. The minimum atomic E-state index is 0. The van der Waals surface area contributed by atoms with E-state index < -0.39 is 0 Å². The van der Waals surface area contributed by atoms with E-state index >= 15 is 0 Å². The minimum Gasteiger partial charge on any atom is -0.491 e. The van der Waals surface area contributed by atoms with Crippen molar-refractivity contribution in [3.05, 3.63) is 29.3 Å². The smallest absolute Gasteiger partial charge is 0.191 e. The van der Waals surface area contributed by atoms with Crippen LogP contribution in [0.1, 0.15) is 24.5 Å². The lowest BCUT2D eigenvalue weighted by Gasteiger charge is -2.17. The number of rotatable bonds is 9. The molecule has 0 spiro atoms. The van der Waals surface area contributed by atoms with Crippen molar-refractivity contribution in [2.45, 2.75) is 26.8 Å². The quantitative estimate of drug-likeness (QED) is 0.241. The summed E-state index contributed by atoms with van der Waals surface area (Å²) in [5.74, 6) is 2.43. The van der Waals surface area contributed by atoms with Gasteiger partial charge in [-0.2, -0.15) is 0 Å². The highest BCUT2D eigenvalue weighted by Crippen LogP contribution is 2.20. The van der Waals surface area contributed by atoms with Gasteiger partial charge in [-0.1, -0.05) is 12.1 Å². The van der Waals surface area contributed by atoms with E-state index in [1.807, 2.05) is 14.0 Å². The van der Waals surface area contributed by atoms with E-state index in [-0.39, 0.29) is 24.0 Å². The van der Waals surface area contributed by atoms with E-state index in [0.717, 1.165) is 30.4 Å². The molecular weight excluding hydrogens is 455 g/mol. The summed E-state index contributed by atoms with van der Waals surface area (Å²) in [6, 6.07) is 6.29. The van der Waals surface area contributed by atoms with Crippen LogP contribution in [0, 0.1) is 12.8 Å². The highest BCUT2D eigenvalue weighted by molar-refractivity contribution is 14.0. The molecule has 0 radical (unpaired) electrons. The molecule has 1 aliphatic rings. The van der Waals surface area contributed by atoms with Gasteiger partial charge in [-0.05, 0) is 51.4 Å². The van der Waals surface area contributed by atoms with Crippen molar-refractivity contribution in [1.82, 2.24) is 15.5 Å². The Morgan fingerprint density at radius 2 is 2.11 bits per heavy atom. The maximum atomic E-state index is 5.91. The summed E-state index contributed by atoms with van der Waals surface area (Å²) in [6.45, 7) is 9.91. The predicted molar refractivity (Wildman–Crippen MR) is 122 cm³/mol. The summed E-state index contributed by atoms with van der Waals surface area (Å²) in [4.78, 5) is 6.71. The molecule has 1 heterocycles. The summed E-state index contributed by atoms with van der Waals surface area (Å²) in [6.07, 6.45) is 1.25. The molecule has 154 valence electrons. The Kier molecular flexibility index (Phi) is 11.7. The van der Waals surface area contributed by atoms with Crippen LogP contribution >= 0.6 is 24.0 Å². The van der Waals surface area contributed by atoms with Gasteiger partial charge in [-0.25, -0.2) is 0 Å². The average molecular weight is 490 g/mol. The number of aryl methyl sites for hydroxylation is 1. The fraction of sp³-hybridized carbons (Fsp3) is 0.650. The lowest BCUT2D eigenvalue weighted by Crippen LogP contribution is -2.39. The number of ether oxygens (including phenoxy) is 2. The number of benzene rings is 1. The van der Waals surface area contributed by atoms with Crippen LogP contribution in [0.15, 0.2) is 23.2 Å². The first-order valence-electron chi connectivity index (χ1n) is 9.55. The number of nitrogens with zero attached hydrogens (tertiary/aromatic N) is 2. The molecule has 1 fully saturated rings. The monoisotopic (exact) mass is 490 g/mol. The molecule has 1 atom stereocenters. The summed E-state index contributed by atoms with van der Waals surface area (Å²) < 4.78 is 11.3. The topological polar surface area (TPSA) is 58.1 Å². The third-order valence-corrected chi connectivity index (χ3v) is 4.63. The molecule has 0 bridgehead atoms. The minimum absolute atomic E-state index is 0. The zero-order chi connectivity index (χ0) is 18.8. The Labute approximate surface area is 181 Å². The van der Waals surface area contributed by atoms with E-state index in [0.29, 0.717) is 32.3 Å². The van der Waals surface area contributed by atoms with Crippen molar-refractivity contribution in [2.24, 2.45) is 10.9 Å². The van der Waals surface area contributed by atoms with Gasteiger partial charge in [0.2, 0.25) is 0 Å². The number of hydrogen-bond acceptors (Lipinski definition) is 4. The Morgan fingerprint density at radius 3 is 2.78 bits per heavy atom. The van der Waals surface area contributed by atoms with Crippen molar-refractivity contribution >= 4 is 29.9 Å². The van der Waals surface area contributed by atoms with Crippen LogP contribution in [-0.4, -0.2) is 64.4 Å². The third kappa shape index (κ3) is 8.66. The van der Waals surface area contributed by atoms with Crippen molar-refractivity contribution in [1.29, 1.82) is 0 Å². The van der Waals surface area contributed by atoms with Crippen molar-refractivity contribution in [2.75, 3.05) is 53.6 Å². The number of nitrogens with one attached hydrogen (secondary N) is 2. The maximum Gasteiger partial charge on any atom is 0.191 e. The van der Waals surface area contributed by atoms with Gasteiger partial charge in [0.1, 0.15) is 12.4 Å². The van der Waals surface area contributed by atoms with E-state index in [2.05, 4.69) is 52.7 Å². The Bertz CT molecular complexity index is 583. The van der Waals surface area contributed by atoms with Gasteiger partial charge in [-0.15, -0.1) is 24.0 Å². The molecule has 1 saturated heterocycles. The molecule has 1 aromatic carbocycles. The number of halogens is 1. The normalized spacial score (nSPS) is 17.5. The molecule has 0 amide bonds. The second-order valence-electron chi connectivity index (χ2n) is 6.88. The molecule has 1 aromatic rings. The molecule has 0 aliphatic carbocycles. The summed E-state index contributed by atoms with van der Waals surface area (Å²) >= 11 is 0. The first-order valence-corrected chi connectivity index (χ1v) is 9.55. The molecular formula is C20H35IN4O2. The molecule has 1 aliphatic heterocycles. The second kappa shape index (κ2) is 13.2. The number of hydrogen-bond donors (Lipinski definition) is 2. The SMILES string of the molecule is CCOCCOc1cc(C)ccc1CNC(=NC)NCC1CCN(C)C1.I. The molecule has 0 saturated carbocycles. The standard InChI is InChI=1S/C20H34N4O2.HI/c1-5-25-10-11-26-19-12-16(2)6-7-18(19)14-23-20(21-3)22-13-17-8-9-24(4)15-17;/h6-7,12,17H,5,8-11,13-15H2,1-4H3,(H2,21,22,23);1H. The summed E-state index contributed by atoms with van der Waals surface area (Å²) in [5, 5.41) is 6.84. The van der Waals surface area contributed by atoms with Gasteiger partial charge in [0.15, 0.2) is 5.96 Å². The van der Waals surface area contributed by atoms with E-state index in [9.17, 15) is 0 Å². The van der Waals surface area contributed by atoms with Crippen molar-refractivity contribution < 1.29 is 9.47 Å². The zero-order valence-corrected chi connectivity index (χ0v) is 19.4. The van der Waals surface area contributed by atoms with Gasteiger partial charge in [-0.3, -0.25) is 4.99 Å². The van der Waals surface area contributed by atoms with Gasteiger partial charge in [0.05, 0.1) is 6.61 Å². The zero-order valence-electron chi connectivity index (χ0n) is 17.1. The first-order chi connectivity index (χ1) is 12.6. The largest absolute Gasteiger partial charge is 0.491 e. The van der Waals surface area contributed by atoms with Gasteiger partial charge in [0, 0.05) is 38.9 Å². The highest BCUT2D eigenvalue weighted by Gasteiger charge is 2.19. The Hall–Kier alpha value is -1.06. The molecule has 6 nitrogen and oxygen atoms in total. The van der Waals surface area contributed by atoms with Gasteiger partial charge < -0.3 is 25.0 Å². The van der Waals surface area contributed by atoms with Crippen LogP contribution in [-0.2, 0) is 11.3 Å². The molecule has 2 rings (SSSR count). The fourth-order valence-corrected chi connectivity index (χ4v) is 3.13. The molecule has 27 heavy (non-hydrogen) atoms. The lowest BCUT2D eigenvalue weighted by atomic mass is 10.1. The van der Waals surface area contributed by atoms with Crippen LogP contribution in [0.25, 0.3) is 0 Å². The molecule has 7 heteroatoms. The van der Waals surface area contributed by atoms with Crippen LogP contribution in [0.3, 0.4) is 0 Å². The lowest BCUT2D eigenvalue weighted by molar-refractivity contribution is 0.110. The summed E-state index contributed by atoms with van der Waals surface area (Å²) in [5.41, 5.74) is 2.31. The summed E-state index contributed by atoms with van der Waals surface area (Å²) in [7, 11) is 3.99. The Balaban J connectivity index is 0.00000364. The third-order valence-electron chi connectivity index (χ3n) is 4.63. The second-order valence-corrected chi connectivity index (χ2v) is 6.88. The van der Waals surface area contributed by atoms with E-state index in [1.54, 1.807) is 0 Å². The van der Waals surface area contributed by atoms with Crippen molar-refractivity contribution in [3.63, 3.8) is 0 Å². The average Bonchev–Trinajstić information content (AvgIpc) is 3.05. The number of likely N-dealkylation sites (tertiary alicyclic amines) is 1. The predicted octanol–water partition coefficient (Wildman–Crippen LogP) is 2.65. The van der Waals surface area contributed by atoms with E-state index in [1.165, 1.54) is 18.5 Å². The number of aliphatic imine (C=N–C) groups is 1. The van der Waals surface area contributed by atoms with E-state index in [4.69, 9.17) is 9.47 Å². The number of guanidine groups is 1. The molecule has 2 N–H and O–H groups in total. The van der Waals surface area contributed by atoms with Crippen LogP contribution in [0.4, 0.5) is 0 Å². The van der Waals surface area contributed by atoms with Gasteiger partial charge >= 0.3 is 0 Å². The molecule has 1 unspecified atom stereocenters. The van der Waals surface area contributed by atoms with Crippen LogP contribution in [0.5, 0.6) is 5.75 Å². The van der Waals surface area contributed by atoms with Crippen LogP contribution < -0.4 is 15.4 Å². The Morgan fingerprint density at radius 1 is 1.30 bits per heavy atom.